The first-order valence-electron chi connectivity index (χ1n) is 7.05. The van der Waals surface area contributed by atoms with Crippen LogP contribution in [0.25, 0.3) is 16.6 Å². The van der Waals surface area contributed by atoms with Gasteiger partial charge in [-0.15, -0.1) is 10.2 Å². The van der Waals surface area contributed by atoms with Gasteiger partial charge in [-0.25, -0.2) is 14.8 Å². The maximum absolute atomic E-state index is 6.12. The van der Waals surface area contributed by atoms with E-state index in [4.69, 9.17) is 23.2 Å². The lowest BCUT2D eigenvalue weighted by molar-refractivity contribution is 1.06. The number of hydrogen-bond donors (Lipinski definition) is 1. The maximum atomic E-state index is 6.12. The van der Waals surface area contributed by atoms with E-state index in [1.54, 1.807) is 35.1 Å². The second kappa shape index (κ2) is 6.07. The molecule has 0 bridgehead atoms. The summed E-state index contributed by atoms with van der Waals surface area (Å²) in [5.41, 5.74) is 5.03. The molecule has 1 N–H and O–H groups in total. The van der Waals surface area contributed by atoms with Crippen molar-refractivity contribution in [1.29, 1.82) is 0 Å². The van der Waals surface area contributed by atoms with Crippen LogP contribution in [0.3, 0.4) is 0 Å². The normalized spacial score (nSPS) is 11.6. The quantitative estimate of drug-likeness (QED) is 0.444. The number of aromatic nitrogens is 4. The molecule has 2 aromatic heterocycles. The number of halogens is 2. The van der Waals surface area contributed by atoms with E-state index < -0.39 is 0 Å². The first kappa shape index (κ1) is 14.9. The largest absolute Gasteiger partial charge is 0.249 e. The molecule has 2 heterocycles. The lowest BCUT2D eigenvalue weighted by Crippen LogP contribution is -2.02. The third kappa shape index (κ3) is 2.55. The molecule has 0 aliphatic carbocycles. The van der Waals surface area contributed by atoms with E-state index in [9.17, 15) is 0 Å². The summed E-state index contributed by atoms with van der Waals surface area (Å²) in [6.07, 6.45) is 3.13. The molecule has 0 saturated carbocycles. The molecular weight excluding hydrogens is 347 g/mol. The topological polar surface area (TPSA) is 67.5 Å². The van der Waals surface area contributed by atoms with Crippen LogP contribution >= 0.6 is 23.2 Å². The predicted molar refractivity (Wildman–Crippen MR) is 96.0 cm³/mol. The van der Waals surface area contributed by atoms with Crippen molar-refractivity contribution >= 4 is 51.9 Å². The summed E-state index contributed by atoms with van der Waals surface area (Å²) in [6.45, 7) is 0. The van der Waals surface area contributed by atoms with Crippen LogP contribution in [0.4, 0.5) is 5.95 Å². The van der Waals surface area contributed by atoms with Crippen LogP contribution in [0.5, 0.6) is 0 Å². The SMILES string of the molecule is Clc1cccc(Cl)c1/C=N/Nc1nc2ccccc2c2nncn12. The Morgan fingerprint density at radius 3 is 2.67 bits per heavy atom. The Morgan fingerprint density at radius 2 is 1.83 bits per heavy atom. The molecule has 0 fully saturated rings. The minimum Gasteiger partial charge on any atom is -0.249 e. The van der Waals surface area contributed by atoms with Gasteiger partial charge in [0.2, 0.25) is 5.95 Å². The van der Waals surface area contributed by atoms with Gasteiger partial charge in [0.15, 0.2) is 5.65 Å². The van der Waals surface area contributed by atoms with Crippen molar-refractivity contribution in [2.24, 2.45) is 5.10 Å². The lowest BCUT2D eigenvalue weighted by atomic mass is 10.2. The van der Waals surface area contributed by atoms with E-state index >= 15 is 0 Å². The van der Waals surface area contributed by atoms with E-state index in [2.05, 4.69) is 25.7 Å². The van der Waals surface area contributed by atoms with Crippen LogP contribution in [-0.4, -0.2) is 25.8 Å². The average Bonchev–Trinajstić information content (AvgIpc) is 3.08. The van der Waals surface area contributed by atoms with Gasteiger partial charge in [-0.3, -0.25) is 0 Å². The Bertz CT molecular complexity index is 1050. The molecule has 0 saturated heterocycles. The molecular formula is C16H10Cl2N6. The minimum absolute atomic E-state index is 0.494. The summed E-state index contributed by atoms with van der Waals surface area (Å²) in [5.74, 6) is 0.494. The zero-order valence-corrected chi connectivity index (χ0v) is 13.7. The van der Waals surface area contributed by atoms with Crippen LogP contribution in [0.1, 0.15) is 5.56 Å². The van der Waals surface area contributed by atoms with Crippen molar-refractivity contribution in [2.75, 3.05) is 5.43 Å². The highest BCUT2D eigenvalue weighted by Crippen LogP contribution is 2.23. The van der Waals surface area contributed by atoms with Crippen molar-refractivity contribution in [1.82, 2.24) is 19.6 Å². The molecule has 0 atom stereocenters. The van der Waals surface area contributed by atoms with Gasteiger partial charge in [0.05, 0.1) is 21.8 Å². The van der Waals surface area contributed by atoms with Crippen molar-refractivity contribution < 1.29 is 0 Å². The summed E-state index contributed by atoms with van der Waals surface area (Å²) >= 11 is 12.2. The summed E-state index contributed by atoms with van der Waals surface area (Å²) < 4.78 is 1.73. The van der Waals surface area contributed by atoms with Gasteiger partial charge >= 0.3 is 0 Å². The Balaban J connectivity index is 1.74. The Morgan fingerprint density at radius 1 is 1.04 bits per heavy atom. The van der Waals surface area contributed by atoms with Gasteiger partial charge in [0.1, 0.15) is 6.33 Å². The van der Waals surface area contributed by atoms with E-state index in [0.717, 1.165) is 10.9 Å². The van der Waals surface area contributed by atoms with E-state index in [1.807, 2.05) is 24.3 Å². The number of para-hydroxylation sites is 1. The Labute approximate surface area is 146 Å². The van der Waals surface area contributed by atoms with Crippen LogP contribution in [-0.2, 0) is 0 Å². The van der Waals surface area contributed by atoms with Gasteiger partial charge in [-0.2, -0.15) is 5.10 Å². The number of fused-ring (bicyclic) bond motifs is 3. The van der Waals surface area contributed by atoms with Crippen molar-refractivity contribution in [3.8, 4) is 0 Å². The molecule has 0 spiro atoms. The van der Waals surface area contributed by atoms with E-state index in [0.29, 0.717) is 27.2 Å². The van der Waals surface area contributed by atoms with Crippen molar-refractivity contribution in [3.05, 3.63) is 64.4 Å². The van der Waals surface area contributed by atoms with Gasteiger partial charge < -0.3 is 0 Å². The molecule has 2 aromatic carbocycles. The fourth-order valence-corrected chi connectivity index (χ4v) is 2.86. The van der Waals surface area contributed by atoms with Gasteiger partial charge in [-0.05, 0) is 24.3 Å². The summed E-state index contributed by atoms with van der Waals surface area (Å²) in [6, 6.07) is 13.0. The van der Waals surface area contributed by atoms with E-state index in [1.165, 1.54) is 0 Å². The molecule has 0 amide bonds. The van der Waals surface area contributed by atoms with Gasteiger partial charge in [0, 0.05) is 10.9 Å². The molecule has 4 rings (SSSR count). The molecule has 0 aliphatic rings. The van der Waals surface area contributed by atoms with Gasteiger partial charge in [-0.1, -0.05) is 41.4 Å². The predicted octanol–water partition coefficient (Wildman–Crippen LogP) is 4.03. The molecule has 24 heavy (non-hydrogen) atoms. The fourth-order valence-electron chi connectivity index (χ4n) is 2.37. The highest BCUT2D eigenvalue weighted by molar-refractivity contribution is 6.38. The third-order valence-electron chi connectivity index (χ3n) is 3.51. The number of hydrazone groups is 1. The second-order valence-electron chi connectivity index (χ2n) is 4.98. The molecule has 0 aliphatic heterocycles. The molecule has 8 heteroatoms. The number of rotatable bonds is 3. The molecule has 0 radical (unpaired) electrons. The highest BCUT2D eigenvalue weighted by atomic mass is 35.5. The third-order valence-corrected chi connectivity index (χ3v) is 4.16. The monoisotopic (exact) mass is 356 g/mol. The number of nitrogens with zero attached hydrogens (tertiary/aromatic N) is 5. The first-order chi connectivity index (χ1) is 11.7. The van der Waals surface area contributed by atoms with Crippen LogP contribution < -0.4 is 5.43 Å². The highest BCUT2D eigenvalue weighted by Gasteiger charge is 2.09. The van der Waals surface area contributed by atoms with E-state index in [-0.39, 0.29) is 0 Å². The second-order valence-corrected chi connectivity index (χ2v) is 5.80. The maximum Gasteiger partial charge on any atom is 0.231 e. The van der Waals surface area contributed by atoms with Crippen molar-refractivity contribution in [2.45, 2.75) is 0 Å². The fraction of sp³-hybridized carbons (Fsp3) is 0. The Kier molecular flexibility index (Phi) is 3.76. The summed E-state index contributed by atoms with van der Waals surface area (Å²) in [5, 5.41) is 14.2. The summed E-state index contributed by atoms with van der Waals surface area (Å²) in [4.78, 5) is 4.54. The number of nitrogens with one attached hydrogen (secondary N) is 1. The van der Waals surface area contributed by atoms with Crippen LogP contribution in [0.15, 0.2) is 53.9 Å². The number of benzene rings is 2. The van der Waals surface area contributed by atoms with Crippen LogP contribution in [0.2, 0.25) is 10.0 Å². The Hall–Kier alpha value is -2.70. The first-order valence-corrected chi connectivity index (χ1v) is 7.81. The van der Waals surface area contributed by atoms with Crippen molar-refractivity contribution in [3.63, 3.8) is 0 Å². The lowest BCUT2D eigenvalue weighted by Gasteiger charge is -2.06. The zero-order chi connectivity index (χ0) is 16.5. The summed E-state index contributed by atoms with van der Waals surface area (Å²) in [7, 11) is 0. The molecule has 118 valence electrons. The number of anilines is 1. The molecule has 4 aromatic rings. The van der Waals surface area contributed by atoms with Gasteiger partial charge in [0.25, 0.3) is 0 Å². The zero-order valence-electron chi connectivity index (χ0n) is 12.2. The average molecular weight is 357 g/mol. The standard InChI is InChI=1S/C16H10Cl2N6/c17-12-5-3-6-13(18)11(12)8-19-23-16-21-14-7-2-1-4-10(14)15-22-20-9-24(15)16/h1-9H,(H,21,23)/b19-8+. The van der Waals surface area contributed by atoms with Crippen LogP contribution in [0, 0.1) is 0 Å². The molecule has 0 unspecified atom stereocenters. The molecule has 6 nitrogen and oxygen atoms in total. The number of hydrogen-bond acceptors (Lipinski definition) is 5. The smallest absolute Gasteiger partial charge is 0.231 e. The minimum atomic E-state index is 0.494.